The highest BCUT2D eigenvalue weighted by molar-refractivity contribution is 5.97. The van der Waals surface area contributed by atoms with Crippen LogP contribution in [0, 0.1) is 0 Å². The number of anilines is 2. The number of hydrogen-bond acceptors (Lipinski definition) is 6. The molecule has 210 valence electrons. The molecule has 1 amide bonds. The molecule has 3 aromatic heterocycles. The van der Waals surface area contributed by atoms with E-state index in [-0.39, 0.29) is 34.2 Å². The molecule has 1 spiro atoms. The van der Waals surface area contributed by atoms with Gasteiger partial charge in [0.25, 0.3) is 12.3 Å². The first-order valence-corrected chi connectivity index (χ1v) is 12.8. The van der Waals surface area contributed by atoms with Crippen LogP contribution in [0.3, 0.4) is 0 Å². The first kappa shape index (κ1) is 26.2. The van der Waals surface area contributed by atoms with Crippen LogP contribution in [-0.4, -0.2) is 66.6 Å². The molecule has 0 unspecified atom stereocenters. The second kappa shape index (κ2) is 9.54. The number of carbonyl (C=O) groups excluding carboxylic acids is 1. The molecule has 2 N–H and O–H groups in total. The summed E-state index contributed by atoms with van der Waals surface area (Å²) in [5.74, 6) is 0.271. The van der Waals surface area contributed by atoms with Crippen LogP contribution in [0.5, 0.6) is 0 Å². The standard InChI is InChI=1S/C26H25F5N8O/c1-2-15-9-16(3-4-17(15)24(40)39-7-5-25(39)13-32-14-25)35-22-23-34-10-19(38(23)8-6-33-22)18-11-37(12-20(27)28)36-21(18)26(29,30)31/h3-4,6,8-11,20,32H,2,5,7,12-14H2,1H3,(H,33,35). The Kier molecular flexibility index (Phi) is 6.24. The zero-order valence-electron chi connectivity index (χ0n) is 21.3. The maximum absolute atomic E-state index is 13.7. The summed E-state index contributed by atoms with van der Waals surface area (Å²) in [6.45, 7) is 3.33. The van der Waals surface area contributed by atoms with Gasteiger partial charge in [-0.25, -0.2) is 18.7 Å². The highest BCUT2D eigenvalue weighted by Crippen LogP contribution is 2.38. The maximum atomic E-state index is 13.7. The molecular weight excluding hydrogens is 535 g/mol. The SMILES string of the molecule is CCc1cc(Nc2nccn3c(-c4cn(CC(F)F)nc4C(F)(F)F)cnc23)ccc1C(=O)N1CCC12CNC2. The molecule has 0 saturated carbocycles. The zero-order chi connectivity index (χ0) is 28.2. The fourth-order valence-electron chi connectivity index (χ4n) is 5.35. The second-order valence-electron chi connectivity index (χ2n) is 10.0. The monoisotopic (exact) mass is 560 g/mol. The van der Waals surface area contributed by atoms with Crippen molar-refractivity contribution in [3.63, 3.8) is 0 Å². The zero-order valence-corrected chi connectivity index (χ0v) is 21.3. The summed E-state index contributed by atoms with van der Waals surface area (Å²) < 4.78 is 68.8. The first-order valence-electron chi connectivity index (χ1n) is 12.8. The van der Waals surface area contributed by atoms with E-state index >= 15 is 0 Å². The van der Waals surface area contributed by atoms with Crippen molar-refractivity contribution in [3.8, 4) is 11.3 Å². The third-order valence-electron chi connectivity index (χ3n) is 7.57. The predicted octanol–water partition coefficient (Wildman–Crippen LogP) is 4.37. The van der Waals surface area contributed by atoms with E-state index in [0.29, 0.717) is 22.4 Å². The van der Waals surface area contributed by atoms with Gasteiger partial charge in [-0.05, 0) is 36.6 Å². The number of halogens is 5. The largest absolute Gasteiger partial charge is 0.435 e. The third-order valence-corrected chi connectivity index (χ3v) is 7.57. The molecule has 1 aromatic carbocycles. The topological polar surface area (TPSA) is 92.4 Å². The Bertz CT molecular complexity index is 1580. The highest BCUT2D eigenvalue weighted by atomic mass is 19.4. The number of nitrogens with zero attached hydrogens (tertiary/aromatic N) is 6. The molecule has 14 heteroatoms. The highest BCUT2D eigenvalue weighted by Gasteiger charge is 2.51. The number of carbonyl (C=O) groups is 1. The van der Waals surface area contributed by atoms with Gasteiger partial charge >= 0.3 is 6.18 Å². The summed E-state index contributed by atoms with van der Waals surface area (Å²) >= 11 is 0. The summed E-state index contributed by atoms with van der Waals surface area (Å²) in [6.07, 6.45) is -1.13. The van der Waals surface area contributed by atoms with E-state index in [9.17, 15) is 26.7 Å². The minimum atomic E-state index is -4.86. The maximum Gasteiger partial charge on any atom is 0.435 e. The van der Waals surface area contributed by atoms with Crippen LogP contribution in [-0.2, 0) is 19.1 Å². The molecule has 40 heavy (non-hydrogen) atoms. The first-order chi connectivity index (χ1) is 19.1. The van der Waals surface area contributed by atoms with E-state index in [1.54, 1.807) is 12.1 Å². The van der Waals surface area contributed by atoms with Crippen molar-refractivity contribution in [2.24, 2.45) is 0 Å². The van der Waals surface area contributed by atoms with Crippen molar-refractivity contribution in [2.75, 3.05) is 25.0 Å². The van der Waals surface area contributed by atoms with Gasteiger partial charge in [0.05, 0.1) is 23.0 Å². The fourth-order valence-corrected chi connectivity index (χ4v) is 5.35. The van der Waals surface area contributed by atoms with Crippen LogP contribution in [0.2, 0.25) is 0 Å². The summed E-state index contributed by atoms with van der Waals surface area (Å²) in [4.78, 5) is 23.8. The number of benzene rings is 1. The molecule has 0 radical (unpaired) electrons. The molecule has 4 aromatic rings. The lowest BCUT2D eigenvalue weighted by atomic mass is 9.78. The van der Waals surface area contributed by atoms with Gasteiger partial charge in [0.15, 0.2) is 17.2 Å². The number of aryl methyl sites for hydroxylation is 1. The van der Waals surface area contributed by atoms with Crippen LogP contribution < -0.4 is 10.6 Å². The van der Waals surface area contributed by atoms with Crippen LogP contribution >= 0.6 is 0 Å². The lowest BCUT2D eigenvalue weighted by Gasteiger charge is -2.58. The normalized spacial score (nSPS) is 16.4. The second-order valence-corrected chi connectivity index (χ2v) is 10.0. The van der Waals surface area contributed by atoms with Crippen molar-refractivity contribution < 1.29 is 26.7 Å². The van der Waals surface area contributed by atoms with Gasteiger partial charge in [0.2, 0.25) is 0 Å². The van der Waals surface area contributed by atoms with E-state index in [1.165, 1.54) is 23.0 Å². The molecule has 5 heterocycles. The molecule has 0 atom stereocenters. The van der Waals surface area contributed by atoms with E-state index in [2.05, 4.69) is 25.7 Å². The summed E-state index contributed by atoms with van der Waals surface area (Å²) in [5, 5.41) is 9.76. The third kappa shape index (κ3) is 4.35. The predicted molar refractivity (Wildman–Crippen MR) is 136 cm³/mol. The Balaban J connectivity index is 1.31. The Labute approximate surface area is 225 Å². The van der Waals surface area contributed by atoms with Gasteiger partial charge in [0.1, 0.15) is 6.54 Å². The number of amides is 1. The molecule has 2 saturated heterocycles. The van der Waals surface area contributed by atoms with Crippen molar-refractivity contribution in [1.29, 1.82) is 0 Å². The summed E-state index contributed by atoms with van der Waals surface area (Å²) in [6, 6.07) is 5.37. The average molecular weight is 561 g/mol. The molecule has 2 aliphatic rings. The number of rotatable bonds is 7. The minimum Gasteiger partial charge on any atom is -0.337 e. The lowest BCUT2D eigenvalue weighted by molar-refractivity contribution is -0.141. The fraction of sp³-hybridized carbons (Fsp3) is 0.385. The van der Waals surface area contributed by atoms with Crippen molar-refractivity contribution in [1.82, 2.24) is 34.4 Å². The van der Waals surface area contributed by atoms with Crippen molar-refractivity contribution >= 4 is 23.1 Å². The molecule has 9 nitrogen and oxygen atoms in total. The van der Waals surface area contributed by atoms with E-state index < -0.39 is 24.8 Å². The van der Waals surface area contributed by atoms with Gasteiger partial charge in [-0.2, -0.15) is 18.3 Å². The number of likely N-dealkylation sites (tertiary alicyclic amines) is 1. The summed E-state index contributed by atoms with van der Waals surface area (Å²) in [5.41, 5.74) is 0.634. The Morgan fingerprint density at radius 1 is 1.23 bits per heavy atom. The lowest BCUT2D eigenvalue weighted by Crippen LogP contribution is -2.77. The van der Waals surface area contributed by atoms with Crippen molar-refractivity contribution in [2.45, 2.75) is 44.5 Å². The smallest absolute Gasteiger partial charge is 0.337 e. The van der Waals surface area contributed by atoms with Crippen LogP contribution in [0.25, 0.3) is 16.9 Å². The minimum absolute atomic E-state index is 0.00197. The van der Waals surface area contributed by atoms with Gasteiger partial charge < -0.3 is 15.5 Å². The van der Waals surface area contributed by atoms with Gasteiger partial charge in [-0.1, -0.05) is 6.92 Å². The van der Waals surface area contributed by atoms with Crippen LogP contribution in [0.1, 0.15) is 35.0 Å². The van der Waals surface area contributed by atoms with Crippen LogP contribution in [0.4, 0.5) is 33.5 Å². The molecule has 0 bridgehead atoms. The molecular formula is C26H25F5N8O. The van der Waals surface area contributed by atoms with E-state index in [0.717, 1.165) is 37.8 Å². The number of fused-ring (bicyclic) bond motifs is 1. The Morgan fingerprint density at radius 3 is 2.65 bits per heavy atom. The number of nitrogens with one attached hydrogen (secondary N) is 2. The number of imidazole rings is 1. The Hall–Kier alpha value is -4.07. The van der Waals surface area contributed by atoms with Crippen LogP contribution in [0.15, 0.2) is 43.0 Å². The van der Waals surface area contributed by atoms with Crippen molar-refractivity contribution in [3.05, 3.63) is 59.8 Å². The van der Waals surface area contributed by atoms with Gasteiger partial charge in [0, 0.05) is 49.5 Å². The quantitative estimate of drug-likeness (QED) is 0.326. The van der Waals surface area contributed by atoms with Gasteiger partial charge in [-0.15, -0.1) is 0 Å². The summed E-state index contributed by atoms with van der Waals surface area (Å²) in [7, 11) is 0. The number of aromatic nitrogens is 5. The van der Waals surface area contributed by atoms with Gasteiger partial charge in [-0.3, -0.25) is 13.9 Å². The number of alkyl halides is 5. The molecule has 0 aliphatic carbocycles. The number of hydrogen-bond donors (Lipinski definition) is 2. The van der Waals surface area contributed by atoms with E-state index in [4.69, 9.17) is 0 Å². The average Bonchev–Trinajstić information content (AvgIpc) is 3.46. The molecule has 2 fully saturated rings. The van der Waals surface area contributed by atoms with E-state index in [1.807, 2.05) is 17.9 Å². The molecule has 2 aliphatic heterocycles. The Morgan fingerprint density at radius 2 is 2.02 bits per heavy atom. The molecule has 6 rings (SSSR count).